The summed E-state index contributed by atoms with van der Waals surface area (Å²) in [6, 6.07) is 0. The predicted molar refractivity (Wildman–Crippen MR) is 74.6 cm³/mol. The van der Waals surface area contributed by atoms with Gasteiger partial charge in [-0.15, -0.1) is 0 Å². The van der Waals surface area contributed by atoms with Crippen LogP contribution in [0.3, 0.4) is 0 Å². The Morgan fingerprint density at radius 1 is 1.37 bits per heavy atom. The molecule has 1 aliphatic rings. The molecule has 0 saturated carbocycles. The molecule has 1 aromatic rings. The molecule has 0 aliphatic carbocycles. The number of rotatable bonds is 6. The van der Waals surface area contributed by atoms with E-state index in [9.17, 15) is 0 Å². The van der Waals surface area contributed by atoms with Gasteiger partial charge in [0.05, 0.1) is 12.2 Å². The third-order valence-corrected chi connectivity index (χ3v) is 3.44. The third-order valence-electron chi connectivity index (χ3n) is 3.44. The Morgan fingerprint density at radius 3 is 2.84 bits per heavy atom. The Morgan fingerprint density at radius 2 is 2.16 bits per heavy atom. The van der Waals surface area contributed by atoms with Gasteiger partial charge in [-0.25, -0.2) is 9.97 Å². The molecule has 5 heteroatoms. The highest BCUT2D eigenvalue weighted by molar-refractivity contribution is 5.48. The van der Waals surface area contributed by atoms with Gasteiger partial charge in [0, 0.05) is 20.3 Å². The smallest absolute Gasteiger partial charge is 0.221 e. The summed E-state index contributed by atoms with van der Waals surface area (Å²) < 4.78 is 11.3. The molecule has 0 bridgehead atoms. The van der Waals surface area contributed by atoms with Crippen LogP contribution in [0.1, 0.15) is 31.7 Å². The van der Waals surface area contributed by atoms with Crippen LogP contribution >= 0.6 is 0 Å². The standard InChI is InChI=1S/C14H23N3O2/c1-3-4-12-13(15-2)16-10-17-14(12)19-9-11-5-7-18-8-6-11/h10-11H,3-9H2,1-2H3,(H,15,16,17). The van der Waals surface area contributed by atoms with E-state index in [0.717, 1.165) is 62.8 Å². The molecule has 0 atom stereocenters. The van der Waals surface area contributed by atoms with Crippen molar-refractivity contribution in [2.24, 2.45) is 5.92 Å². The lowest BCUT2D eigenvalue weighted by atomic mass is 10.0. The fourth-order valence-electron chi connectivity index (χ4n) is 2.32. The zero-order valence-electron chi connectivity index (χ0n) is 11.8. The predicted octanol–water partition coefficient (Wildman–Crippen LogP) is 2.28. The minimum absolute atomic E-state index is 0.580. The molecule has 106 valence electrons. The van der Waals surface area contributed by atoms with Gasteiger partial charge in [0.25, 0.3) is 0 Å². The first kappa shape index (κ1) is 14.1. The second-order valence-electron chi connectivity index (χ2n) is 4.87. The van der Waals surface area contributed by atoms with Crippen LogP contribution in [-0.4, -0.2) is 36.8 Å². The summed E-state index contributed by atoms with van der Waals surface area (Å²) in [5, 5.41) is 3.11. The second kappa shape index (κ2) is 7.28. The summed E-state index contributed by atoms with van der Waals surface area (Å²) >= 11 is 0. The molecule has 2 rings (SSSR count). The number of hydrogen-bond donors (Lipinski definition) is 1. The second-order valence-corrected chi connectivity index (χ2v) is 4.87. The van der Waals surface area contributed by atoms with E-state index in [0.29, 0.717) is 5.92 Å². The molecule has 1 aliphatic heterocycles. The molecule has 2 heterocycles. The van der Waals surface area contributed by atoms with E-state index in [-0.39, 0.29) is 0 Å². The molecule has 5 nitrogen and oxygen atoms in total. The first-order chi connectivity index (χ1) is 9.35. The van der Waals surface area contributed by atoms with Crippen molar-refractivity contribution < 1.29 is 9.47 Å². The molecule has 0 spiro atoms. The zero-order valence-corrected chi connectivity index (χ0v) is 11.8. The Labute approximate surface area is 114 Å². The van der Waals surface area contributed by atoms with E-state index < -0.39 is 0 Å². The van der Waals surface area contributed by atoms with Crippen molar-refractivity contribution in [3.63, 3.8) is 0 Å². The summed E-state index contributed by atoms with van der Waals surface area (Å²) in [6.07, 6.45) is 5.69. The molecule has 1 fully saturated rings. The molecule has 19 heavy (non-hydrogen) atoms. The van der Waals surface area contributed by atoms with Crippen molar-refractivity contribution in [2.45, 2.75) is 32.6 Å². The van der Waals surface area contributed by atoms with Gasteiger partial charge < -0.3 is 14.8 Å². The topological polar surface area (TPSA) is 56.3 Å². The molecular weight excluding hydrogens is 242 g/mol. The lowest BCUT2D eigenvalue weighted by molar-refractivity contribution is 0.0488. The maximum atomic E-state index is 5.93. The van der Waals surface area contributed by atoms with Crippen molar-refractivity contribution >= 4 is 5.82 Å². The number of ether oxygens (including phenoxy) is 2. The van der Waals surface area contributed by atoms with Gasteiger partial charge >= 0.3 is 0 Å². The van der Waals surface area contributed by atoms with E-state index in [1.807, 2.05) is 7.05 Å². The summed E-state index contributed by atoms with van der Waals surface area (Å²) in [5.41, 5.74) is 1.08. The minimum Gasteiger partial charge on any atom is -0.477 e. The van der Waals surface area contributed by atoms with E-state index >= 15 is 0 Å². The van der Waals surface area contributed by atoms with Crippen molar-refractivity contribution in [3.05, 3.63) is 11.9 Å². The van der Waals surface area contributed by atoms with Gasteiger partial charge in [-0.3, -0.25) is 0 Å². The van der Waals surface area contributed by atoms with Gasteiger partial charge in [-0.1, -0.05) is 13.3 Å². The average Bonchev–Trinajstić information content (AvgIpc) is 2.47. The largest absolute Gasteiger partial charge is 0.477 e. The van der Waals surface area contributed by atoms with Crippen molar-refractivity contribution in [2.75, 3.05) is 32.2 Å². The first-order valence-electron chi connectivity index (χ1n) is 7.07. The van der Waals surface area contributed by atoms with Crippen LogP contribution in [0.2, 0.25) is 0 Å². The van der Waals surface area contributed by atoms with Crippen LogP contribution in [0.25, 0.3) is 0 Å². The normalized spacial score (nSPS) is 16.3. The number of nitrogens with zero attached hydrogens (tertiary/aromatic N) is 2. The maximum absolute atomic E-state index is 5.93. The molecule has 0 aromatic carbocycles. The van der Waals surface area contributed by atoms with Crippen molar-refractivity contribution in [1.82, 2.24) is 9.97 Å². The van der Waals surface area contributed by atoms with E-state index in [4.69, 9.17) is 9.47 Å². The number of anilines is 1. The van der Waals surface area contributed by atoms with E-state index in [1.165, 1.54) is 0 Å². The Kier molecular flexibility index (Phi) is 5.39. The molecule has 0 amide bonds. The lowest BCUT2D eigenvalue weighted by Crippen LogP contribution is -2.22. The summed E-state index contributed by atoms with van der Waals surface area (Å²) in [6.45, 7) is 4.57. The summed E-state index contributed by atoms with van der Waals surface area (Å²) in [4.78, 5) is 8.53. The molecular formula is C14H23N3O2. The Balaban J connectivity index is 2.01. The van der Waals surface area contributed by atoms with Gasteiger partial charge in [0.15, 0.2) is 0 Å². The number of hydrogen-bond acceptors (Lipinski definition) is 5. The summed E-state index contributed by atoms with van der Waals surface area (Å²) in [5.74, 6) is 2.18. The third kappa shape index (κ3) is 3.80. The van der Waals surface area contributed by atoms with E-state index in [1.54, 1.807) is 6.33 Å². The quantitative estimate of drug-likeness (QED) is 0.855. The monoisotopic (exact) mass is 265 g/mol. The van der Waals surface area contributed by atoms with Crippen LogP contribution in [0, 0.1) is 5.92 Å². The van der Waals surface area contributed by atoms with Crippen LogP contribution in [-0.2, 0) is 11.2 Å². The molecule has 1 aromatic heterocycles. The molecule has 1 N–H and O–H groups in total. The first-order valence-corrected chi connectivity index (χ1v) is 7.07. The fraction of sp³-hybridized carbons (Fsp3) is 0.714. The number of nitrogens with one attached hydrogen (secondary N) is 1. The van der Waals surface area contributed by atoms with Crippen molar-refractivity contribution in [1.29, 1.82) is 0 Å². The van der Waals surface area contributed by atoms with Gasteiger partial charge in [-0.2, -0.15) is 0 Å². The maximum Gasteiger partial charge on any atom is 0.221 e. The summed E-state index contributed by atoms with van der Waals surface area (Å²) in [7, 11) is 1.88. The highest BCUT2D eigenvalue weighted by Crippen LogP contribution is 2.24. The zero-order chi connectivity index (χ0) is 13.5. The van der Waals surface area contributed by atoms with Crippen LogP contribution in [0.4, 0.5) is 5.82 Å². The minimum atomic E-state index is 0.580. The van der Waals surface area contributed by atoms with Gasteiger partial charge in [0.1, 0.15) is 12.1 Å². The van der Waals surface area contributed by atoms with Crippen LogP contribution < -0.4 is 10.1 Å². The number of aromatic nitrogens is 2. The molecule has 1 saturated heterocycles. The van der Waals surface area contributed by atoms with Crippen molar-refractivity contribution in [3.8, 4) is 5.88 Å². The van der Waals surface area contributed by atoms with Crippen LogP contribution in [0.5, 0.6) is 5.88 Å². The highest BCUT2D eigenvalue weighted by Gasteiger charge is 2.17. The fourth-order valence-corrected chi connectivity index (χ4v) is 2.32. The van der Waals surface area contributed by atoms with Gasteiger partial charge in [0.2, 0.25) is 5.88 Å². The Hall–Kier alpha value is -1.36. The molecule has 0 radical (unpaired) electrons. The lowest BCUT2D eigenvalue weighted by Gasteiger charge is -2.22. The van der Waals surface area contributed by atoms with Crippen LogP contribution in [0.15, 0.2) is 6.33 Å². The van der Waals surface area contributed by atoms with Gasteiger partial charge in [-0.05, 0) is 25.2 Å². The Bertz CT molecular complexity index is 392. The molecule has 0 unspecified atom stereocenters. The SMILES string of the molecule is CCCc1c(NC)ncnc1OCC1CCOCC1. The average molecular weight is 265 g/mol. The highest BCUT2D eigenvalue weighted by atomic mass is 16.5. The van der Waals surface area contributed by atoms with E-state index in [2.05, 4.69) is 22.2 Å².